The van der Waals surface area contributed by atoms with Crippen molar-refractivity contribution in [2.45, 2.75) is 31.1 Å². The van der Waals surface area contributed by atoms with E-state index in [9.17, 15) is 34.8 Å². The zero-order chi connectivity index (χ0) is 23.2. The molecule has 1 aromatic carbocycles. The molecule has 0 aliphatic rings. The summed E-state index contributed by atoms with van der Waals surface area (Å²) in [5, 5.41) is 4.02. The van der Waals surface area contributed by atoms with Crippen molar-refractivity contribution in [3.05, 3.63) is 59.5 Å². The van der Waals surface area contributed by atoms with E-state index in [-0.39, 0.29) is 5.82 Å². The van der Waals surface area contributed by atoms with Crippen LogP contribution < -0.4 is 0 Å². The van der Waals surface area contributed by atoms with Crippen LogP contribution in [-0.4, -0.2) is 28.9 Å². The van der Waals surface area contributed by atoms with Gasteiger partial charge in [-0.3, -0.25) is 0 Å². The van der Waals surface area contributed by atoms with Gasteiger partial charge in [0.05, 0.1) is 28.8 Å². The predicted molar refractivity (Wildman–Crippen MR) is 99.3 cm³/mol. The Hall–Kier alpha value is -2.89. The summed E-state index contributed by atoms with van der Waals surface area (Å²) in [7, 11) is -4.10. The van der Waals surface area contributed by atoms with Crippen LogP contribution in [0, 0.1) is 6.92 Å². The molecule has 0 spiro atoms. The Morgan fingerprint density at radius 1 is 0.935 bits per heavy atom. The van der Waals surface area contributed by atoms with Crippen LogP contribution in [0.5, 0.6) is 0 Å². The molecule has 0 fully saturated rings. The molecule has 0 radical (unpaired) electrons. The molecule has 0 aliphatic carbocycles. The minimum atomic E-state index is -4.80. The van der Waals surface area contributed by atoms with Gasteiger partial charge in [0.15, 0.2) is 15.7 Å². The number of hydrogen-bond acceptors (Lipinski definition) is 4. The van der Waals surface area contributed by atoms with Gasteiger partial charge in [-0.05, 0) is 30.7 Å². The van der Waals surface area contributed by atoms with E-state index in [1.54, 1.807) is 0 Å². The van der Waals surface area contributed by atoms with Crippen LogP contribution in [0.4, 0.5) is 26.3 Å². The van der Waals surface area contributed by atoms with E-state index >= 15 is 0 Å². The van der Waals surface area contributed by atoms with Gasteiger partial charge in [0.2, 0.25) is 0 Å². The standard InChI is InChI=1S/C19H15F6N3O2S/c1-3-31(29,30)16-8-14(19(23,24)25)9-26-17(16)28-11(2)15(10-27-28)12-4-6-13(7-5-12)18(20,21)22/h4-10H,3H2,1-2H3. The van der Waals surface area contributed by atoms with Gasteiger partial charge in [0.1, 0.15) is 4.90 Å². The highest BCUT2D eigenvalue weighted by Crippen LogP contribution is 2.34. The number of halogens is 6. The summed E-state index contributed by atoms with van der Waals surface area (Å²) >= 11 is 0. The van der Waals surface area contributed by atoms with Crippen molar-refractivity contribution in [3.63, 3.8) is 0 Å². The number of pyridine rings is 1. The lowest BCUT2D eigenvalue weighted by atomic mass is 10.0. The second-order valence-electron chi connectivity index (χ2n) is 6.58. The number of sulfone groups is 1. The van der Waals surface area contributed by atoms with Crippen molar-refractivity contribution in [3.8, 4) is 16.9 Å². The average Bonchev–Trinajstić information content (AvgIpc) is 3.07. The molecule has 3 rings (SSSR count). The minimum Gasteiger partial charge on any atom is -0.235 e. The molecular formula is C19H15F6N3O2S. The number of benzene rings is 1. The largest absolute Gasteiger partial charge is 0.417 e. The van der Waals surface area contributed by atoms with Gasteiger partial charge >= 0.3 is 12.4 Å². The van der Waals surface area contributed by atoms with E-state index in [1.165, 1.54) is 32.2 Å². The highest BCUT2D eigenvalue weighted by molar-refractivity contribution is 7.91. The Labute approximate surface area is 173 Å². The lowest BCUT2D eigenvalue weighted by Gasteiger charge is -2.14. The predicted octanol–water partition coefficient (Wildman–Crippen LogP) is 5.07. The van der Waals surface area contributed by atoms with E-state index in [0.29, 0.717) is 29.1 Å². The normalized spacial score (nSPS) is 12.9. The summed E-state index contributed by atoms with van der Waals surface area (Å²) in [4.78, 5) is 3.05. The van der Waals surface area contributed by atoms with Crippen molar-refractivity contribution in [1.82, 2.24) is 14.8 Å². The maximum absolute atomic E-state index is 13.1. The van der Waals surface area contributed by atoms with Crippen LogP contribution in [0.25, 0.3) is 16.9 Å². The Balaban J connectivity index is 2.14. The summed E-state index contributed by atoms with van der Waals surface area (Å²) in [6.07, 6.45) is -7.53. The van der Waals surface area contributed by atoms with Crippen molar-refractivity contribution < 1.29 is 34.8 Å². The van der Waals surface area contributed by atoms with Gasteiger partial charge in [-0.1, -0.05) is 19.1 Å². The fourth-order valence-electron chi connectivity index (χ4n) is 2.88. The maximum Gasteiger partial charge on any atom is 0.417 e. The van der Waals surface area contributed by atoms with Crippen molar-refractivity contribution >= 4 is 9.84 Å². The zero-order valence-corrected chi connectivity index (χ0v) is 16.9. The Bertz CT molecular complexity index is 1210. The lowest BCUT2D eigenvalue weighted by molar-refractivity contribution is -0.138. The molecule has 0 bridgehead atoms. The van der Waals surface area contributed by atoms with E-state index < -0.39 is 44.0 Å². The number of aromatic nitrogens is 3. The number of rotatable bonds is 4. The first-order valence-electron chi connectivity index (χ1n) is 8.78. The third-order valence-electron chi connectivity index (χ3n) is 4.61. The molecule has 0 saturated heterocycles. The number of nitrogens with zero attached hydrogens (tertiary/aromatic N) is 3. The smallest absolute Gasteiger partial charge is 0.235 e. The molecule has 5 nitrogen and oxygen atoms in total. The van der Waals surface area contributed by atoms with Gasteiger partial charge in [0, 0.05) is 11.8 Å². The molecule has 0 unspecified atom stereocenters. The summed E-state index contributed by atoms with van der Waals surface area (Å²) in [6.45, 7) is 2.78. The minimum absolute atomic E-state index is 0.291. The van der Waals surface area contributed by atoms with Crippen LogP contribution in [0.3, 0.4) is 0 Å². The van der Waals surface area contributed by atoms with Crippen LogP contribution in [0.2, 0.25) is 0 Å². The Morgan fingerprint density at radius 2 is 1.52 bits per heavy atom. The van der Waals surface area contributed by atoms with Gasteiger partial charge in [-0.25, -0.2) is 18.1 Å². The van der Waals surface area contributed by atoms with Crippen molar-refractivity contribution in [1.29, 1.82) is 0 Å². The van der Waals surface area contributed by atoms with Crippen LogP contribution in [0.1, 0.15) is 23.7 Å². The first kappa shape index (κ1) is 22.8. The van der Waals surface area contributed by atoms with E-state index in [0.717, 1.165) is 16.8 Å². The molecule has 2 aromatic heterocycles. The van der Waals surface area contributed by atoms with Gasteiger partial charge in [-0.2, -0.15) is 31.4 Å². The third-order valence-corrected chi connectivity index (χ3v) is 6.34. The first-order valence-corrected chi connectivity index (χ1v) is 10.4. The summed E-state index contributed by atoms with van der Waals surface area (Å²) in [6, 6.07) is 4.72. The number of alkyl halides is 6. The van der Waals surface area contributed by atoms with Crippen LogP contribution in [0.15, 0.2) is 47.6 Å². The Kier molecular flexibility index (Phi) is 5.63. The second-order valence-corrected chi connectivity index (χ2v) is 8.82. The molecule has 3 aromatic rings. The van der Waals surface area contributed by atoms with Crippen molar-refractivity contribution in [2.24, 2.45) is 0 Å². The van der Waals surface area contributed by atoms with E-state index in [1.807, 2.05) is 0 Å². The first-order chi connectivity index (χ1) is 14.3. The molecule has 0 N–H and O–H groups in total. The molecule has 0 amide bonds. The summed E-state index contributed by atoms with van der Waals surface area (Å²) in [5.41, 5.74) is -1.04. The Morgan fingerprint density at radius 3 is 2.03 bits per heavy atom. The van der Waals surface area contributed by atoms with Crippen LogP contribution >= 0.6 is 0 Å². The zero-order valence-electron chi connectivity index (χ0n) is 16.1. The van der Waals surface area contributed by atoms with E-state index in [2.05, 4.69) is 10.1 Å². The summed E-state index contributed by atoms with van der Waals surface area (Å²) < 4.78 is 103. The molecule has 0 aliphatic heterocycles. The van der Waals surface area contributed by atoms with Gasteiger partial charge in [-0.15, -0.1) is 0 Å². The lowest BCUT2D eigenvalue weighted by Crippen LogP contribution is -2.15. The maximum atomic E-state index is 13.1. The molecule has 2 heterocycles. The molecule has 0 atom stereocenters. The SMILES string of the molecule is CCS(=O)(=O)c1cc(C(F)(F)F)cnc1-n1ncc(-c2ccc(C(F)(F)F)cc2)c1C. The van der Waals surface area contributed by atoms with Crippen molar-refractivity contribution in [2.75, 3.05) is 5.75 Å². The summed E-state index contributed by atoms with van der Waals surface area (Å²) in [5.74, 6) is -0.791. The fourth-order valence-corrected chi connectivity index (χ4v) is 3.92. The van der Waals surface area contributed by atoms with Gasteiger partial charge < -0.3 is 0 Å². The topological polar surface area (TPSA) is 64.8 Å². The highest BCUT2D eigenvalue weighted by Gasteiger charge is 2.34. The molecule has 0 saturated carbocycles. The average molecular weight is 463 g/mol. The van der Waals surface area contributed by atoms with Crippen LogP contribution in [-0.2, 0) is 22.2 Å². The highest BCUT2D eigenvalue weighted by atomic mass is 32.2. The number of hydrogen-bond donors (Lipinski definition) is 0. The molecule has 12 heteroatoms. The quantitative estimate of drug-likeness (QED) is 0.507. The molecular weight excluding hydrogens is 448 g/mol. The second kappa shape index (κ2) is 7.66. The third kappa shape index (κ3) is 4.43. The van der Waals surface area contributed by atoms with E-state index in [4.69, 9.17) is 0 Å². The monoisotopic (exact) mass is 463 g/mol. The molecule has 31 heavy (non-hydrogen) atoms. The van der Waals surface area contributed by atoms with Gasteiger partial charge in [0.25, 0.3) is 0 Å². The molecule has 166 valence electrons. The fraction of sp³-hybridized carbons (Fsp3) is 0.263.